The van der Waals surface area contributed by atoms with Crippen LogP contribution in [0.25, 0.3) is 0 Å². The first-order valence-corrected chi connectivity index (χ1v) is 7.07. The Morgan fingerprint density at radius 3 is 3.00 bits per heavy atom. The number of nitrogens with zero attached hydrogens (tertiary/aromatic N) is 2. The average Bonchev–Trinajstić information content (AvgIpc) is 2.41. The van der Waals surface area contributed by atoms with Crippen molar-refractivity contribution in [3.8, 4) is 0 Å². The Morgan fingerprint density at radius 2 is 2.37 bits per heavy atom. The van der Waals surface area contributed by atoms with Crippen molar-refractivity contribution in [3.05, 3.63) is 29.6 Å². The molecule has 1 aromatic heterocycles. The van der Waals surface area contributed by atoms with Gasteiger partial charge in [-0.15, -0.1) is 0 Å². The smallest absolute Gasteiger partial charge is 0.272 e. The molecule has 1 amide bonds. The van der Waals surface area contributed by atoms with Crippen LogP contribution in [0.3, 0.4) is 0 Å². The average molecular weight is 261 g/mol. The minimum absolute atomic E-state index is 0.0694. The van der Waals surface area contributed by atoms with E-state index in [4.69, 9.17) is 0 Å². The number of hydrogen-bond donors (Lipinski definition) is 1. The Morgan fingerprint density at radius 1 is 1.58 bits per heavy atom. The maximum absolute atomic E-state index is 12.5. The van der Waals surface area contributed by atoms with Crippen LogP contribution in [0, 0.1) is 12.8 Å². The van der Waals surface area contributed by atoms with Gasteiger partial charge in [0.1, 0.15) is 5.69 Å². The largest absolute Gasteiger partial charge is 0.337 e. The number of piperidine rings is 1. The highest BCUT2D eigenvalue weighted by Crippen LogP contribution is 2.19. The first kappa shape index (κ1) is 14.0. The van der Waals surface area contributed by atoms with E-state index in [1.54, 1.807) is 6.20 Å². The fraction of sp³-hybridized carbons (Fsp3) is 0.600. The van der Waals surface area contributed by atoms with Crippen molar-refractivity contribution >= 4 is 5.91 Å². The van der Waals surface area contributed by atoms with Gasteiger partial charge in [0.15, 0.2) is 0 Å². The fourth-order valence-corrected chi connectivity index (χ4v) is 2.75. The highest BCUT2D eigenvalue weighted by atomic mass is 16.2. The third kappa shape index (κ3) is 3.13. The summed E-state index contributed by atoms with van der Waals surface area (Å²) in [6.45, 7) is 8.89. The molecule has 0 bridgehead atoms. The molecule has 0 aromatic carbocycles. The van der Waals surface area contributed by atoms with E-state index in [-0.39, 0.29) is 5.91 Å². The van der Waals surface area contributed by atoms with E-state index in [1.165, 1.54) is 0 Å². The molecule has 4 nitrogen and oxygen atoms in total. The van der Waals surface area contributed by atoms with Gasteiger partial charge >= 0.3 is 0 Å². The number of pyridine rings is 1. The van der Waals surface area contributed by atoms with Gasteiger partial charge in [-0.25, -0.2) is 0 Å². The van der Waals surface area contributed by atoms with Gasteiger partial charge in [0.05, 0.1) is 0 Å². The summed E-state index contributed by atoms with van der Waals surface area (Å²) in [6.07, 6.45) is 2.71. The van der Waals surface area contributed by atoms with Crippen molar-refractivity contribution in [2.24, 2.45) is 5.92 Å². The second-order valence-electron chi connectivity index (χ2n) is 5.35. The molecule has 0 saturated carbocycles. The molecule has 19 heavy (non-hydrogen) atoms. The van der Waals surface area contributed by atoms with Gasteiger partial charge in [0, 0.05) is 25.3 Å². The molecule has 1 N–H and O–H groups in total. The maximum Gasteiger partial charge on any atom is 0.272 e. The van der Waals surface area contributed by atoms with E-state index >= 15 is 0 Å². The number of hydrogen-bond acceptors (Lipinski definition) is 3. The van der Waals surface area contributed by atoms with E-state index < -0.39 is 0 Å². The standard InChI is InChI=1S/C15H23N3O/c1-4-16-13-7-9-18(10-12(13)3)15(19)14-11(2)6-5-8-17-14/h5-6,8,12-13,16H,4,7,9-10H2,1-3H3. The molecule has 2 unspecified atom stereocenters. The van der Waals surface area contributed by atoms with E-state index in [1.807, 2.05) is 24.0 Å². The summed E-state index contributed by atoms with van der Waals surface area (Å²) in [6, 6.07) is 4.33. The third-order valence-electron chi connectivity index (χ3n) is 3.87. The van der Waals surface area contributed by atoms with E-state index in [2.05, 4.69) is 24.1 Å². The zero-order chi connectivity index (χ0) is 13.8. The lowest BCUT2D eigenvalue weighted by Crippen LogP contribution is -2.50. The summed E-state index contributed by atoms with van der Waals surface area (Å²) in [5.41, 5.74) is 1.55. The zero-order valence-corrected chi connectivity index (χ0v) is 12.0. The summed E-state index contributed by atoms with van der Waals surface area (Å²) in [5, 5.41) is 3.49. The number of aromatic nitrogens is 1. The van der Waals surface area contributed by atoms with Crippen LogP contribution in [-0.2, 0) is 0 Å². The fourth-order valence-electron chi connectivity index (χ4n) is 2.75. The number of carbonyl (C=O) groups is 1. The lowest BCUT2D eigenvalue weighted by atomic mass is 9.93. The SMILES string of the molecule is CCNC1CCN(C(=O)c2ncccc2C)CC1C. The summed E-state index contributed by atoms with van der Waals surface area (Å²) < 4.78 is 0. The maximum atomic E-state index is 12.5. The van der Waals surface area contributed by atoms with Crippen LogP contribution in [0.1, 0.15) is 36.3 Å². The molecule has 0 spiro atoms. The number of carbonyl (C=O) groups excluding carboxylic acids is 1. The van der Waals surface area contributed by atoms with Crippen molar-refractivity contribution in [1.29, 1.82) is 0 Å². The van der Waals surface area contributed by atoms with Crippen molar-refractivity contribution in [2.75, 3.05) is 19.6 Å². The molecule has 1 aliphatic rings. The van der Waals surface area contributed by atoms with Gasteiger partial charge in [0.25, 0.3) is 5.91 Å². The van der Waals surface area contributed by atoms with E-state index in [0.717, 1.165) is 31.6 Å². The molecule has 2 atom stereocenters. The number of amides is 1. The molecular formula is C15H23N3O. The van der Waals surface area contributed by atoms with Gasteiger partial charge < -0.3 is 10.2 Å². The van der Waals surface area contributed by atoms with Crippen LogP contribution < -0.4 is 5.32 Å². The lowest BCUT2D eigenvalue weighted by molar-refractivity contribution is 0.0639. The van der Waals surface area contributed by atoms with Crippen LogP contribution in [0.4, 0.5) is 0 Å². The number of nitrogens with one attached hydrogen (secondary N) is 1. The van der Waals surface area contributed by atoms with E-state index in [0.29, 0.717) is 17.7 Å². The Labute approximate surface area is 115 Å². The zero-order valence-electron chi connectivity index (χ0n) is 12.0. The van der Waals surface area contributed by atoms with Crippen LogP contribution in [0.5, 0.6) is 0 Å². The summed E-state index contributed by atoms with van der Waals surface area (Å²) in [7, 11) is 0. The molecular weight excluding hydrogens is 238 g/mol. The molecule has 1 fully saturated rings. The van der Waals surface area contributed by atoms with Crippen LogP contribution in [-0.4, -0.2) is 41.5 Å². The second kappa shape index (κ2) is 6.15. The Hall–Kier alpha value is -1.42. The van der Waals surface area contributed by atoms with E-state index in [9.17, 15) is 4.79 Å². The highest BCUT2D eigenvalue weighted by Gasteiger charge is 2.29. The van der Waals surface area contributed by atoms with Crippen molar-refractivity contribution in [1.82, 2.24) is 15.2 Å². The Bertz CT molecular complexity index is 447. The monoisotopic (exact) mass is 261 g/mol. The third-order valence-corrected chi connectivity index (χ3v) is 3.87. The molecule has 0 aliphatic carbocycles. The summed E-state index contributed by atoms with van der Waals surface area (Å²) >= 11 is 0. The molecule has 4 heteroatoms. The summed E-state index contributed by atoms with van der Waals surface area (Å²) in [5.74, 6) is 0.557. The number of likely N-dealkylation sites (tertiary alicyclic amines) is 1. The molecule has 104 valence electrons. The second-order valence-corrected chi connectivity index (χ2v) is 5.35. The number of aryl methyl sites for hydroxylation is 1. The number of rotatable bonds is 3. The van der Waals surface area contributed by atoms with Crippen molar-refractivity contribution in [2.45, 2.75) is 33.2 Å². The van der Waals surface area contributed by atoms with Gasteiger partial charge in [0.2, 0.25) is 0 Å². The summed E-state index contributed by atoms with van der Waals surface area (Å²) in [4.78, 5) is 18.6. The molecule has 1 saturated heterocycles. The first-order chi connectivity index (χ1) is 9.13. The quantitative estimate of drug-likeness (QED) is 0.903. The molecule has 2 rings (SSSR count). The lowest BCUT2D eigenvalue weighted by Gasteiger charge is -2.37. The minimum Gasteiger partial charge on any atom is -0.337 e. The first-order valence-electron chi connectivity index (χ1n) is 7.07. The van der Waals surface area contributed by atoms with Gasteiger partial charge in [-0.3, -0.25) is 9.78 Å². The minimum atomic E-state index is 0.0694. The molecule has 1 aromatic rings. The molecule has 0 radical (unpaired) electrons. The topological polar surface area (TPSA) is 45.2 Å². The predicted molar refractivity (Wildman–Crippen MR) is 76.1 cm³/mol. The highest BCUT2D eigenvalue weighted by molar-refractivity contribution is 5.93. The van der Waals surface area contributed by atoms with Gasteiger partial charge in [-0.05, 0) is 37.4 Å². The van der Waals surface area contributed by atoms with Crippen molar-refractivity contribution < 1.29 is 4.79 Å². The van der Waals surface area contributed by atoms with Crippen LogP contribution in [0.15, 0.2) is 18.3 Å². The van der Waals surface area contributed by atoms with Crippen LogP contribution >= 0.6 is 0 Å². The van der Waals surface area contributed by atoms with Crippen LogP contribution in [0.2, 0.25) is 0 Å². The Balaban J connectivity index is 2.04. The predicted octanol–water partition coefficient (Wildman–Crippen LogP) is 1.85. The van der Waals surface area contributed by atoms with Gasteiger partial charge in [-0.1, -0.05) is 19.9 Å². The van der Waals surface area contributed by atoms with Crippen molar-refractivity contribution in [3.63, 3.8) is 0 Å². The molecule has 1 aliphatic heterocycles. The van der Waals surface area contributed by atoms with Gasteiger partial charge in [-0.2, -0.15) is 0 Å². The Kier molecular flexibility index (Phi) is 4.53. The molecule has 2 heterocycles. The normalized spacial score (nSPS) is 23.4.